The second-order valence-electron chi connectivity index (χ2n) is 6.20. The van der Waals surface area contributed by atoms with Gasteiger partial charge in [0.05, 0.1) is 5.69 Å². The van der Waals surface area contributed by atoms with Crippen LogP contribution in [0.5, 0.6) is 0 Å². The smallest absolute Gasteiger partial charge is 0.0627 e. The molecule has 1 fully saturated rings. The molecule has 3 nitrogen and oxygen atoms in total. The molecule has 108 valence electrons. The van der Waals surface area contributed by atoms with E-state index < -0.39 is 0 Å². The fourth-order valence-corrected chi connectivity index (χ4v) is 3.19. The van der Waals surface area contributed by atoms with Crippen molar-refractivity contribution in [3.05, 3.63) is 18.0 Å². The first-order valence-corrected chi connectivity index (χ1v) is 7.95. The molecule has 0 spiro atoms. The van der Waals surface area contributed by atoms with Gasteiger partial charge in [0.2, 0.25) is 0 Å². The van der Waals surface area contributed by atoms with Gasteiger partial charge in [-0.1, -0.05) is 19.8 Å². The molecule has 0 aromatic carbocycles. The van der Waals surface area contributed by atoms with Crippen LogP contribution in [0.4, 0.5) is 0 Å². The lowest BCUT2D eigenvalue weighted by molar-refractivity contribution is 0.228. The molecule has 1 aliphatic rings. The molecule has 0 saturated heterocycles. The highest BCUT2D eigenvalue weighted by molar-refractivity contribution is 5.02. The van der Waals surface area contributed by atoms with Gasteiger partial charge in [0.15, 0.2) is 0 Å². The van der Waals surface area contributed by atoms with Gasteiger partial charge in [0, 0.05) is 12.2 Å². The van der Waals surface area contributed by atoms with Gasteiger partial charge in [0.1, 0.15) is 0 Å². The van der Waals surface area contributed by atoms with Gasteiger partial charge in [-0.2, -0.15) is 5.10 Å². The van der Waals surface area contributed by atoms with Crippen LogP contribution in [-0.4, -0.2) is 22.9 Å². The Morgan fingerprint density at radius 1 is 1.32 bits per heavy atom. The van der Waals surface area contributed by atoms with E-state index in [-0.39, 0.29) is 0 Å². The standard InChI is InChI=1S/C16H29N3/c1-4-17-12-15-8-6-5-7-14(15)11-16-9-10-19(18-16)13(2)3/h9-10,13-15,17H,4-8,11-12H2,1-3H3. The van der Waals surface area contributed by atoms with Crippen molar-refractivity contribution < 1.29 is 0 Å². The zero-order chi connectivity index (χ0) is 13.7. The Labute approximate surface area is 117 Å². The van der Waals surface area contributed by atoms with Crippen LogP contribution in [0.1, 0.15) is 58.2 Å². The van der Waals surface area contributed by atoms with E-state index in [4.69, 9.17) is 5.10 Å². The van der Waals surface area contributed by atoms with Crippen molar-refractivity contribution >= 4 is 0 Å². The molecule has 3 heteroatoms. The molecule has 2 atom stereocenters. The molecule has 0 bridgehead atoms. The fourth-order valence-electron chi connectivity index (χ4n) is 3.19. The van der Waals surface area contributed by atoms with Gasteiger partial charge in [0.25, 0.3) is 0 Å². The van der Waals surface area contributed by atoms with Gasteiger partial charge in [-0.25, -0.2) is 0 Å². The van der Waals surface area contributed by atoms with E-state index in [0.717, 1.165) is 24.8 Å². The Bertz CT molecular complexity index is 370. The van der Waals surface area contributed by atoms with Crippen molar-refractivity contribution in [1.82, 2.24) is 15.1 Å². The monoisotopic (exact) mass is 263 g/mol. The van der Waals surface area contributed by atoms with Crippen LogP contribution < -0.4 is 5.32 Å². The summed E-state index contributed by atoms with van der Waals surface area (Å²) in [5.74, 6) is 1.67. The highest BCUT2D eigenvalue weighted by Crippen LogP contribution is 2.32. The Balaban J connectivity index is 1.94. The zero-order valence-electron chi connectivity index (χ0n) is 12.7. The van der Waals surface area contributed by atoms with Crippen molar-refractivity contribution in [3.63, 3.8) is 0 Å². The lowest BCUT2D eigenvalue weighted by atomic mass is 9.77. The molecule has 1 aromatic rings. The number of nitrogens with zero attached hydrogens (tertiary/aromatic N) is 2. The van der Waals surface area contributed by atoms with E-state index in [0.29, 0.717) is 6.04 Å². The van der Waals surface area contributed by atoms with E-state index >= 15 is 0 Å². The maximum atomic E-state index is 4.71. The number of nitrogens with one attached hydrogen (secondary N) is 1. The van der Waals surface area contributed by atoms with E-state index in [1.54, 1.807) is 0 Å². The maximum Gasteiger partial charge on any atom is 0.0627 e. The second-order valence-corrected chi connectivity index (χ2v) is 6.20. The third-order valence-electron chi connectivity index (χ3n) is 4.39. The van der Waals surface area contributed by atoms with Crippen LogP contribution in [-0.2, 0) is 6.42 Å². The van der Waals surface area contributed by atoms with Crippen LogP contribution in [0.15, 0.2) is 12.3 Å². The van der Waals surface area contributed by atoms with Crippen LogP contribution in [0.3, 0.4) is 0 Å². The molecule has 2 rings (SSSR count). The third kappa shape index (κ3) is 4.07. The lowest BCUT2D eigenvalue weighted by Crippen LogP contribution is -2.31. The lowest BCUT2D eigenvalue weighted by Gasteiger charge is -2.31. The van der Waals surface area contributed by atoms with Gasteiger partial charge in [-0.15, -0.1) is 0 Å². The molecule has 0 radical (unpaired) electrons. The van der Waals surface area contributed by atoms with E-state index in [2.05, 4.69) is 43.0 Å². The molecule has 1 aromatic heterocycles. The Morgan fingerprint density at radius 3 is 2.68 bits per heavy atom. The van der Waals surface area contributed by atoms with E-state index in [1.165, 1.54) is 37.9 Å². The predicted octanol–water partition coefficient (Wildman–Crippen LogP) is 3.42. The van der Waals surface area contributed by atoms with Crippen LogP contribution in [0.2, 0.25) is 0 Å². The Hall–Kier alpha value is -0.830. The molecule has 1 heterocycles. The van der Waals surface area contributed by atoms with Gasteiger partial charge >= 0.3 is 0 Å². The van der Waals surface area contributed by atoms with Gasteiger partial charge in [-0.3, -0.25) is 4.68 Å². The van der Waals surface area contributed by atoms with Crippen molar-refractivity contribution in [2.45, 2.75) is 58.9 Å². The maximum absolute atomic E-state index is 4.71. The minimum Gasteiger partial charge on any atom is -0.317 e. The Morgan fingerprint density at radius 2 is 2.05 bits per heavy atom. The van der Waals surface area contributed by atoms with Crippen LogP contribution in [0, 0.1) is 11.8 Å². The first-order chi connectivity index (χ1) is 9.20. The average molecular weight is 263 g/mol. The predicted molar refractivity (Wildman–Crippen MR) is 80.3 cm³/mol. The summed E-state index contributed by atoms with van der Waals surface area (Å²) < 4.78 is 2.08. The summed E-state index contributed by atoms with van der Waals surface area (Å²) in [6.07, 6.45) is 8.87. The minimum atomic E-state index is 0.470. The third-order valence-corrected chi connectivity index (χ3v) is 4.39. The van der Waals surface area contributed by atoms with Crippen molar-refractivity contribution in [3.8, 4) is 0 Å². The van der Waals surface area contributed by atoms with Gasteiger partial charge in [-0.05, 0) is 64.1 Å². The molecule has 1 saturated carbocycles. The van der Waals surface area contributed by atoms with Crippen LogP contribution >= 0.6 is 0 Å². The fraction of sp³-hybridized carbons (Fsp3) is 0.812. The summed E-state index contributed by atoms with van der Waals surface area (Å²) in [5, 5.41) is 8.25. The number of hydrogen-bond acceptors (Lipinski definition) is 2. The summed E-state index contributed by atoms with van der Waals surface area (Å²) in [4.78, 5) is 0. The normalized spacial score (nSPS) is 24.0. The second kappa shape index (κ2) is 7.09. The van der Waals surface area contributed by atoms with Crippen molar-refractivity contribution in [2.24, 2.45) is 11.8 Å². The molecule has 1 aliphatic carbocycles. The molecule has 19 heavy (non-hydrogen) atoms. The minimum absolute atomic E-state index is 0.470. The molecule has 2 unspecified atom stereocenters. The Kier molecular flexibility index (Phi) is 5.44. The molecule has 0 amide bonds. The largest absolute Gasteiger partial charge is 0.317 e. The molecule has 1 N–H and O–H groups in total. The quantitative estimate of drug-likeness (QED) is 0.852. The topological polar surface area (TPSA) is 29.9 Å². The van der Waals surface area contributed by atoms with Crippen LogP contribution in [0.25, 0.3) is 0 Å². The summed E-state index contributed by atoms with van der Waals surface area (Å²) in [5.41, 5.74) is 1.28. The van der Waals surface area contributed by atoms with Gasteiger partial charge < -0.3 is 5.32 Å². The zero-order valence-corrected chi connectivity index (χ0v) is 12.7. The van der Waals surface area contributed by atoms with E-state index in [1.807, 2.05) is 0 Å². The van der Waals surface area contributed by atoms with Crippen molar-refractivity contribution in [1.29, 1.82) is 0 Å². The van der Waals surface area contributed by atoms with Crippen molar-refractivity contribution in [2.75, 3.05) is 13.1 Å². The molecular weight excluding hydrogens is 234 g/mol. The summed E-state index contributed by atoms with van der Waals surface area (Å²) in [6.45, 7) is 8.84. The molecule has 0 aliphatic heterocycles. The van der Waals surface area contributed by atoms with E-state index in [9.17, 15) is 0 Å². The SMILES string of the molecule is CCNCC1CCCCC1Cc1ccn(C(C)C)n1. The summed E-state index contributed by atoms with van der Waals surface area (Å²) in [7, 11) is 0. The molecular formula is C16H29N3. The first kappa shape index (κ1) is 14.6. The summed E-state index contributed by atoms with van der Waals surface area (Å²) in [6, 6.07) is 2.68. The average Bonchev–Trinajstić information content (AvgIpc) is 2.86. The number of hydrogen-bond donors (Lipinski definition) is 1. The highest BCUT2D eigenvalue weighted by atomic mass is 15.3. The first-order valence-electron chi connectivity index (χ1n) is 7.95. The number of aromatic nitrogens is 2. The highest BCUT2D eigenvalue weighted by Gasteiger charge is 2.25. The summed E-state index contributed by atoms with van der Waals surface area (Å²) >= 11 is 0. The number of rotatable bonds is 6.